The Bertz CT molecular complexity index is 540. The number of esters is 1. The maximum absolute atomic E-state index is 11.2. The Morgan fingerprint density at radius 1 is 1.36 bits per heavy atom. The number of halogens is 1. The summed E-state index contributed by atoms with van der Waals surface area (Å²) in [5, 5.41) is 3.21. The monoisotopic (exact) mass is 461 g/mol. The van der Waals surface area contributed by atoms with Crippen molar-refractivity contribution < 1.29 is 14.3 Å². The third-order valence-corrected chi connectivity index (χ3v) is 4.10. The molecule has 1 aromatic rings. The van der Waals surface area contributed by atoms with E-state index in [1.54, 1.807) is 7.05 Å². The highest BCUT2D eigenvalue weighted by molar-refractivity contribution is 14.0. The summed E-state index contributed by atoms with van der Waals surface area (Å²) in [5.41, 5.74) is 1.20. The molecule has 6 nitrogen and oxygen atoms in total. The summed E-state index contributed by atoms with van der Waals surface area (Å²) in [7, 11) is 3.16. The van der Waals surface area contributed by atoms with Gasteiger partial charge in [-0.25, -0.2) is 0 Å². The Labute approximate surface area is 167 Å². The number of nitrogens with zero attached hydrogens (tertiary/aromatic N) is 2. The molecular formula is C18H28IN3O3. The second kappa shape index (κ2) is 12.1. The van der Waals surface area contributed by atoms with Gasteiger partial charge in [0, 0.05) is 32.6 Å². The standard InChI is InChI=1S/C18H27N3O3.HI/c1-19-18(20-10-8-17(22)23-2)21-11-9-16(12-21)14-24-13-15-6-4-3-5-7-15;/h3-7,16H,8-14H2,1-2H3,(H,19,20);1H. The molecule has 1 atom stereocenters. The van der Waals surface area contributed by atoms with Gasteiger partial charge >= 0.3 is 5.97 Å². The fourth-order valence-corrected chi connectivity index (χ4v) is 2.79. The van der Waals surface area contributed by atoms with E-state index in [0.717, 1.165) is 32.1 Å². The molecule has 7 heteroatoms. The number of benzene rings is 1. The third-order valence-electron chi connectivity index (χ3n) is 4.10. The van der Waals surface area contributed by atoms with Crippen molar-refractivity contribution in [2.45, 2.75) is 19.4 Å². The molecule has 0 aromatic heterocycles. The smallest absolute Gasteiger partial charge is 0.307 e. The Hall–Kier alpha value is -1.35. The van der Waals surface area contributed by atoms with Crippen molar-refractivity contribution >= 4 is 35.9 Å². The molecule has 0 bridgehead atoms. The van der Waals surface area contributed by atoms with Crippen LogP contribution in [0.15, 0.2) is 35.3 Å². The fraction of sp³-hybridized carbons (Fsp3) is 0.556. The summed E-state index contributed by atoms with van der Waals surface area (Å²) in [4.78, 5) is 17.7. The van der Waals surface area contributed by atoms with Gasteiger partial charge in [0.15, 0.2) is 5.96 Å². The molecule has 0 spiro atoms. The minimum absolute atomic E-state index is 0. The van der Waals surface area contributed by atoms with Gasteiger partial charge in [-0.15, -0.1) is 24.0 Å². The van der Waals surface area contributed by atoms with Crippen molar-refractivity contribution in [1.82, 2.24) is 10.2 Å². The lowest BCUT2D eigenvalue weighted by Gasteiger charge is -2.21. The Balaban J connectivity index is 0.00000312. The molecule has 0 amide bonds. The molecular weight excluding hydrogens is 433 g/mol. The van der Waals surface area contributed by atoms with Crippen LogP contribution in [-0.2, 0) is 20.9 Å². The molecule has 1 saturated heterocycles. The molecule has 1 unspecified atom stereocenters. The lowest BCUT2D eigenvalue weighted by molar-refractivity contribution is -0.140. The zero-order valence-corrected chi connectivity index (χ0v) is 17.3. The summed E-state index contributed by atoms with van der Waals surface area (Å²) in [6, 6.07) is 10.2. The number of carbonyl (C=O) groups excluding carboxylic acids is 1. The summed E-state index contributed by atoms with van der Waals surface area (Å²) in [6.45, 7) is 3.82. The predicted octanol–water partition coefficient (Wildman–Crippen LogP) is 2.28. The maximum atomic E-state index is 11.2. The molecule has 1 aliphatic rings. The van der Waals surface area contributed by atoms with Crippen LogP contribution in [-0.4, -0.2) is 57.2 Å². The van der Waals surface area contributed by atoms with Gasteiger partial charge in [-0.1, -0.05) is 30.3 Å². The number of hydrogen-bond donors (Lipinski definition) is 1. The van der Waals surface area contributed by atoms with Crippen molar-refractivity contribution in [1.29, 1.82) is 0 Å². The number of carbonyl (C=O) groups is 1. The molecule has 0 aliphatic carbocycles. The number of likely N-dealkylation sites (tertiary alicyclic amines) is 1. The quantitative estimate of drug-likeness (QED) is 0.292. The first-order valence-corrected chi connectivity index (χ1v) is 8.37. The van der Waals surface area contributed by atoms with Crippen LogP contribution in [0.25, 0.3) is 0 Å². The van der Waals surface area contributed by atoms with Gasteiger partial charge < -0.3 is 19.7 Å². The first-order chi connectivity index (χ1) is 11.7. The van der Waals surface area contributed by atoms with E-state index in [-0.39, 0.29) is 29.9 Å². The number of ether oxygens (including phenoxy) is 2. The Kier molecular flexibility index (Phi) is 10.5. The molecule has 1 N–H and O–H groups in total. The van der Waals surface area contributed by atoms with Crippen LogP contribution in [0.2, 0.25) is 0 Å². The van der Waals surface area contributed by atoms with Gasteiger partial charge in [-0.3, -0.25) is 9.79 Å². The number of hydrogen-bond acceptors (Lipinski definition) is 4. The normalized spacial score (nSPS) is 17.1. The maximum Gasteiger partial charge on any atom is 0.307 e. The highest BCUT2D eigenvalue weighted by Gasteiger charge is 2.24. The Morgan fingerprint density at radius 3 is 2.80 bits per heavy atom. The van der Waals surface area contributed by atoms with E-state index in [2.05, 4.69) is 32.1 Å². The van der Waals surface area contributed by atoms with Crippen molar-refractivity contribution in [3.63, 3.8) is 0 Å². The van der Waals surface area contributed by atoms with E-state index in [4.69, 9.17) is 4.74 Å². The molecule has 2 rings (SSSR count). The minimum Gasteiger partial charge on any atom is -0.469 e. The fourth-order valence-electron chi connectivity index (χ4n) is 2.79. The average molecular weight is 461 g/mol. The average Bonchev–Trinajstić information content (AvgIpc) is 3.08. The van der Waals surface area contributed by atoms with Crippen LogP contribution in [0.3, 0.4) is 0 Å². The zero-order chi connectivity index (χ0) is 17.2. The van der Waals surface area contributed by atoms with Gasteiger partial charge in [-0.2, -0.15) is 0 Å². The molecule has 140 valence electrons. The largest absolute Gasteiger partial charge is 0.469 e. The van der Waals surface area contributed by atoms with E-state index < -0.39 is 0 Å². The van der Waals surface area contributed by atoms with E-state index in [9.17, 15) is 4.79 Å². The summed E-state index contributed by atoms with van der Waals surface area (Å²) < 4.78 is 10.5. The lowest BCUT2D eigenvalue weighted by atomic mass is 10.1. The molecule has 0 radical (unpaired) electrons. The summed E-state index contributed by atoms with van der Waals surface area (Å²) >= 11 is 0. The van der Waals surface area contributed by atoms with Gasteiger partial charge in [-0.05, 0) is 12.0 Å². The molecule has 1 aromatic carbocycles. The van der Waals surface area contributed by atoms with E-state index in [1.165, 1.54) is 12.7 Å². The van der Waals surface area contributed by atoms with Crippen molar-refractivity contribution in [2.24, 2.45) is 10.9 Å². The number of nitrogens with one attached hydrogen (secondary N) is 1. The third kappa shape index (κ3) is 7.60. The molecule has 25 heavy (non-hydrogen) atoms. The van der Waals surface area contributed by atoms with E-state index in [1.807, 2.05) is 18.2 Å². The second-order valence-electron chi connectivity index (χ2n) is 5.90. The highest BCUT2D eigenvalue weighted by Crippen LogP contribution is 2.17. The molecule has 1 heterocycles. The van der Waals surface area contributed by atoms with Crippen LogP contribution >= 0.6 is 24.0 Å². The van der Waals surface area contributed by atoms with Crippen LogP contribution in [0.4, 0.5) is 0 Å². The first kappa shape index (κ1) is 21.7. The number of guanidine groups is 1. The van der Waals surface area contributed by atoms with E-state index >= 15 is 0 Å². The van der Waals surface area contributed by atoms with Crippen LogP contribution in [0.5, 0.6) is 0 Å². The van der Waals surface area contributed by atoms with Gasteiger partial charge in [0.2, 0.25) is 0 Å². The van der Waals surface area contributed by atoms with Crippen molar-refractivity contribution in [3.8, 4) is 0 Å². The highest BCUT2D eigenvalue weighted by atomic mass is 127. The van der Waals surface area contributed by atoms with Crippen LogP contribution < -0.4 is 5.32 Å². The number of rotatable bonds is 7. The van der Waals surface area contributed by atoms with Gasteiger partial charge in [0.25, 0.3) is 0 Å². The molecule has 0 saturated carbocycles. The van der Waals surface area contributed by atoms with E-state index in [0.29, 0.717) is 25.5 Å². The topological polar surface area (TPSA) is 63.2 Å². The van der Waals surface area contributed by atoms with Crippen molar-refractivity contribution in [2.75, 3.05) is 40.4 Å². The Morgan fingerprint density at radius 2 is 2.12 bits per heavy atom. The van der Waals surface area contributed by atoms with Crippen LogP contribution in [0, 0.1) is 5.92 Å². The van der Waals surface area contributed by atoms with Gasteiger partial charge in [0.1, 0.15) is 0 Å². The van der Waals surface area contributed by atoms with Crippen LogP contribution in [0.1, 0.15) is 18.4 Å². The van der Waals surface area contributed by atoms with Gasteiger partial charge in [0.05, 0.1) is 26.7 Å². The number of aliphatic imine (C=N–C) groups is 1. The minimum atomic E-state index is -0.216. The molecule has 1 aliphatic heterocycles. The second-order valence-corrected chi connectivity index (χ2v) is 5.90. The predicted molar refractivity (Wildman–Crippen MR) is 109 cm³/mol. The zero-order valence-electron chi connectivity index (χ0n) is 14.9. The summed E-state index contributed by atoms with van der Waals surface area (Å²) in [6.07, 6.45) is 1.43. The number of methoxy groups -OCH3 is 1. The van der Waals surface area contributed by atoms with Crippen molar-refractivity contribution in [3.05, 3.63) is 35.9 Å². The molecule has 1 fully saturated rings. The first-order valence-electron chi connectivity index (χ1n) is 8.37. The SMILES string of the molecule is CN=C(NCCC(=O)OC)N1CCC(COCc2ccccc2)C1.I. The summed E-state index contributed by atoms with van der Waals surface area (Å²) in [5.74, 6) is 1.13. The lowest BCUT2D eigenvalue weighted by Crippen LogP contribution is -2.41.